The number of carbonyl (C=O) groups excluding carboxylic acids is 1. The maximum absolute atomic E-state index is 11.2. The van der Waals surface area contributed by atoms with Gasteiger partial charge in [-0.25, -0.2) is 0 Å². The lowest BCUT2D eigenvalue weighted by molar-refractivity contribution is -0.121. The Bertz CT molecular complexity index is 419. The Hall–Kier alpha value is -1.55. The molecule has 1 aliphatic heterocycles. The van der Waals surface area contributed by atoms with Crippen LogP contribution >= 0.6 is 0 Å². The van der Waals surface area contributed by atoms with Gasteiger partial charge in [-0.15, -0.1) is 0 Å². The van der Waals surface area contributed by atoms with Gasteiger partial charge in [0.15, 0.2) is 0 Å². The third-order valence-corrected chi connectivity index (χ3v) is 3.49. The number of amides is 1. The number of hydrogen-bond donors (Lipinski definition) is 2. The number of benzene rings is 1. The van der Waals surface area contributed by atoms with Crippen LogP contribution < -0.4 is 16.0 Å². The van der Waals surface area contributed by atoms with Gasteiger partial charge in [0.2, 0.25) is 5.91 Å². The molecule has 4 nitrogen and oxygen atoms in total. The van der Waals surface area contributed by atoms with Crippen molar-refractivity contribution >= 4 is 11.6 Å². The Morgan fingerprint density at radius 1 is 1.50 bits per heavy atom. The molecule has 18 heavy (non-hydrogen) atoms. The number of carbonyl (C=O) groups is 1. The van der Waals surface area contributed by atoms with E-state index in [0.717, 1.165) is 32.6 Å². The van der Waals surface area contributed by atoms with E-state index in [1.165, 1.54) is 11.3 Å². The lowest BCUT2D eigenvalue weighted by atomic mass is 10.1. The summed E-state index contributed by atoms with van der Waals surface area (Å²) in [5.41, 5.74) is 7.88. The third kappa shape index (κ3) is 2.82. The SMILES string of the molecule is CCNCc1ccccc1N1CCC(C(N)=O)C1. The topological polar surface area (TPSA) is 58.4 Å². The molecule has 1 aromatic rings. The molecular weight excluding hydrogens is 226 g/mol. The minimum atomic E-state index is -0.179. The van der Waals surface area contributed by atoms with Gasteiger partial charge in [0.1, 0.15) is 0 Å². The zero-order valence-electron chi connectivity index (χ0n) is 10.9. The van der Waals surface area contributed by atoms with E-state index >= 15 is 0 Å². The highest BCUT2D eigenvalue weighted by atomic mass is 16.1. The van der Waals surface area contributed by atoms with E-state index in [9.17, 15) is 4.79 Å². The molecule has 0 spiro atoms. The summed E-state index contributed by atoms with van der Waals surface area (Å²) in [6.45, 7) is 5.58. The molecule has 0 radical (unpaired) electrons. The number of hydrogen-bond acceptors (Lipinski definition) is 3. The van der Waals surface area contributed by atoms with E-state index < -0.39 is 0 Å². The average Bonchev–Trinajstić information content (AvgIpc) is 2.86. The van der Waals surface area contributed by atoms with E-state index in [1.807, 2.05) is 6.07 Å². The van der Waals surface area contributed by atoms with Gasteiger partial charge >= 0.3 is 0 Å². The second-order valence-electron chi connectivity index (χ2n) is 4.74. The highest BCUT2D eigenvalue weighted by Crippen LogP contribution is 2.26. The van der Waals surface area contributed by atoms with Crippen molar-refractivity contribution in [3.05, 3.63) is 29.8 Å². The van der Waals surface area contributed by atoms with Crippen LogP contribution in [-0.2, 0) is 11.3 Å². The molecular formula is C14H21N3O. The Morgan fingerprint density at radius 2 is 2.28 bits per heavy atom. The highest BCUT2D eigenvalue weighted by Gasteiger charge is 2.27. The second kappa shape index (κ2) is 5.87. The summed E-state index contributed by atoms with van der Waals surface area (Å²) in [6, 6.07) is 8.35. The molecule has 3 N–H and O–H groups in total. The van der Waals surface area contributed by atoms with Crippen LogP contribution in [0, 0.1) is 5.92 Å². The van der Waals surface area contributed by atoms with Crippen molar-refractivity contribution in [1.82, 2.24) is 5.32 Å². The van der Waals surface area contributed by atoms with Gasteiger partial charge in [-0.05, 0) is 24.6 Å². The number of para-hydroxylation sites is 1. The second-order valence-corrected chi connectivity index (χ2v) is 4.74. The molecule has 0 aliphatic carbocycles. The van der Waals surface area contributed by atoms with Gasteiger partial charge in [0.05, 0.1) is 5.92 Å². The zero-order chi connectivity index (χ0) is 13.0. The number of nitrogens with one attached hydrogen (secondary N) is 1. The number of anilines is 1. The number of rotatable bonds is 5. The summed E-state index contributed by atoms with van der Waals surface area (Å²) in [5.74, 6) is -0.182. The fraction of sp³-hybridized carbons (Fsp3) is 0.500. The third-order valence-electron chi connectivity index (χ3n) is 3.49. The molecule has 1 aromatic carbocycles. The maximum atomic E-state index is 11.2. The van der Waals surface area contributed by atoms with Crippen molar-refractivity contribution in [1.29, 1.82) is 0 Å². The van der Waals surface area contributed by atoms with Crippen molar-refractivity contribution in [2.24, 2.45) is 11.7 Å². The molecule has 1 heterocycles. The van der Waals surface area contributed by atoms with Gasteiger partial charge in [-0.1, -0.05) is 25.1 Å². The molecule has 1 aliphatic rings. The normalized spacial score (nSPS) is 19.2. The van der Waals surface area contributed by atoms with Gasteiger partial charge < -0.3 is 16.0 Å². The molecule has 0 bridgehead atoms. The molecule has 0 aromatic heterocycles. The molecule has 0 saturated carbocycles. The van der Waals surface area contributed by atoms with Crippen LogP contribution in [0.5, 0.6) is 0 Å². The van der Waals surface area contributed by atoms with Crippen LogP contribution in [0.3, 0.4) is 0 Å². The van der Waals surface area contributed by atoms with Crippen molar-refractivity contribution in [3.8, 4) is 0 Å². The predicted molar refractivity (Wildman–Crippen MR) is 73.3 cm³/mol. The molecule has 1 atom stereocenters. The van der Waals surface area contributed by atoms with Crippen LogP contribution in [0.15, 0.2) is 24.3 Å². The van der Waals surface area contributed by atoms with Crippen molar-refractivity contribution in [2.75, 3.05) is 24.5 Å². The van der Waals surface area contributed by atoms with Crippen LogP contribution in [0.4, 0.5) is 5.69 Å². The van der Waals surface area contributed by atoms with Crippen LogP contribution in [0.2, 0.25) is 0 Å². The lowest BCUT2D eigenvalue weighted by Gasteiger charge is -2.22. The molecule has 1 fully saturated rings. The van der Waals surface area contributed by atoms with Crippen molar-refractivity contribution in [2.45, 2.75) is 19.9 Å². The molecule has 1 amide bonds. The van der Waals surface area contributed by atoms with Gasteiger partial charge in [-0.3, -0.25) is 4.79 Å². The van der Waals surface area contributed by atoms with Crippen molar-refractivity contribution in [3.63, 3.8) is 0 Å². The van der Waals surface area contributed by atoms with E-state index in [2.05, 4.69) is 35.3 Å². The summed E-state index contributed by atoms with van der Waals surface area (Å²) >= 11 is 0. The summed E-state index contributed by atoms with van der Waals surface area (Å²) in [6.07, 6.45) is 0.866. The fourth-order valence-electron chi connectivity index (χ4n) is 2.44. The first-order valence-electron chi connectivity index (χ1n) is 6.55. The van der Waals surface area contributed by atoms with Crippen LogP contribution in [0.1, 0.15) is 18.9 Å². The first-order valence-corrected chi connectivity index (χ1v) is 6.55. The van der Waals surface area contributed by atoms with E-state index in [0.29, 0.717) is 0 Å². The monoisotopic (exact) mass is 247 g/mol. The average molecular weight is 247 g/mol. The number of primary amides is 1. The minimum Gasteiger partial charge on any atom is -0.370 e. The molecule has 98 valence electrons. The Kier molecular flexibility index (Phi) is 4.20. The minimum absolute atomic E-state index is 0.00260. The van der Waals surface area contributed by atoms with Crippen molar-refractivity contribution < 1.29 is 4.79 Å². The molecule has 4 heteroatoms. The molecule has 1 unspecified atom stereocenters. The number of nitrogens with zero attached hydrogens (tertiary/aromatic N) is 1. The summed E-state index contributed by atoms with van der Waals surface area (Å²) in [5, 5.41) is 3.34. The molecule has 1 saturated heterocycles. The predicted octanol–water partition coefficient (Wildman–Crippen LogP) is 1.11. The van der Waals surface area contributed by atoms with Crippen LogP contribution in [0.25, 0.3) is 0 Å². The summed E-state index contributed by atoms with van der Waals surface area (Å²) in [4.78, 5) is 13.5. The summed E-state index contributed by atoms with van der Waals surface area (Å²) < 4.78 is 0. The quantitative estimate of drug-likeness (QED) is 0.819. The Labute approximate surface area is 108 Å². The van der Waals surface area contributed by atoms with E-state index in [1.54, 1.807) is 0 Å². The largest absolute Gasteiger partial charge is 0.370 e. The lowest BCUT2D eigenvalue weighted by Crippen LogP contribution is -2.28. The van der Waals surface area contributed by atoms with Gasteiger partial charge in [-0.2, -0.15) is 0 Å². The smallest absolute Gasteiger partial charge is 0.222 e. The summed E-state index contributed by atoms with van der Waals surface area (Å²) in [7, 11) is 0. The van der Waals surface area contributed by atoms with E-state index in [4.69, 9.17) is 5.73 Å². The van der Waals surface area contributed by atoms with Gasteiger partial charge in [0.25, 0.3) is 0 Å². The highest BCUT2D eigenvalue weighted by molar-refractivity contribution is 5.78. The number of nitrogens with two attached hydrogens (primary N) is 1. The Morgan fingerprint density at radius 3 is 2.94 bits per heavy atom. The standard InChI is InChI=1S/C14H21N3O/c1-2-16-9-11-5-3-4-6-13(11)17-8-7-12(10-17)14(15)18/h3-6,12,16H,2,7-10H2,1H3,(H2,15,18). The van der Waals surface area contributed by atoms with E-state index in [-0.39, 0.29) is 11.8 Å². The fourth-order valence-corrected chi connectivity index (χ4v) is 2.44. The Balaban J connectivity index is 2.11. The maximum Gasteiger partial charge on any atom is 0.222 e. The van der Waals surface area contributed by atoms with Gasteiger partial charge in [0, 0.05) is 25.3 Å². The van der Waals surface area contributed by atoms with Crippen LogP contribution in [-0.4, -0.2) is 25.5 Å². The zero-order valence-corrected chi connectivity index (χ0v) is 10.9. The first kappa shape index (κ1) is 12.9. The first-order chi connectivity index (χ1) is 8.72. The molecule has 2 rings (SSSR count).